The molecule has 6 nitrogen and oxygen atoms in total. The fourth-order valence-corrected chi connectivity index (χ4v) is 15.6. The Morgan fingerprint density at radius 1 is 0.163 bits per heavy atom. The quantitative estimate of drug-likeness (QED) is 0.0962. The van der Waals surface area contributed by atoms with Gasteiger partial charge in [0, 0.05) is 101 Å². The number of benzene rings is 17. The summed E-state index contributed by atoms with van der Waals surface area (Å²) in [6.45, 7) is 0. The highest BCUT2D eigenvalue weighted by atomic mass is 15.2. The molecule has 0 spiro atoms. The summed E-state index contributed by atoms with van der Waals surface area (Å²) in [7, 11) is 0. The molecule has 0 atom stereocenters. The Morgan fingerprint density at radius 2 is 0.404 bits per heavy atom. The van der Waals surface area contributed by atoms with Gasteiger partial charge in [-0.2, -0.15) is 0 Å². The summed E-state index contributed by atoms with van der Waals surface area (Å²) in [5.41, 5.74) is 21.8. The van der Waals surface area contributed by atoms with Crippen LogP contribution in [0.1, 0.15) is 0 Å². The lowest BCUT2D eigenvalue weighted by Gasteiger charge is -2.29. The largest absolute Gasteiger partial charge is 0.311 e. The van der Waals surface area contributed by atoms with E-state index in [1.54, 1.807) is 0 Å². The van der Waals surface area contributed by atoms with Crippen molar-refractivity contribution >= 4 is 133 Å². The second-order valence-electron chi connectivity index (χ2n) is 26.5. The Kier molecular flexibility index (Phi) is 15.5. The molecule has 0 aliphatic rings. The zero-order chi connectivity index (χ0) is 68.9. The molecule has 19 rings (SSSR count). The molecule has 0 aliphatic heterocycles. The average molecular weight is 1330 g/mol. The molecule has 2 aromatic heterocycles. The molecule has 0 saturated carbocycles. The van der Waals surface area contributed by atoms with Crippen molar-refractivity contribution < 1.29 is 0 Å². The highest BCUT2D eigenvalue weighted by Gasteiger charge is 2.25. The van der Waals surface area contributed by atoms with Gasteiger partial charge >= 0.3 is 0 Å². The van der Waals surface area contributed by atoms with Crippen LogP contribution in [0.2, 0.25) is 0 Å². The van der Waals surface area contributed by atoms with Crippen LogP contribution in [0.25, 0.3) is 98.8 Å². The lowest BCUT2D eigenvalue weighted by atomic mass is 10.0. The van der Waals surface area contributed by atoms with Crippen LogP contribution >= 0.6 is 0 Å². The number of hydrogen-bond acceptors (Lipinski definition) is 4. The van der Waals surface area contributed by atoms with Gasteiger partial charge in [-0.1, -0.05) is 231 Å². The number of aromatic nitrogens is 2. The molecule has 6 heteroatoms. The van der Waals surface area contributed by atoms with Gasteiger partial charge in [-0.3, -0.25) is 0 Å². The number of rotatable bonds is 16. The van der Waals surface area contributed by atoms with E-state index in [9.17, 15) is 0 Å². The zero-order valence-electron chi connectivity index (χ0n) is 56.9. The van der Waals surface area contributed by atoms with Crippen molar-refractivity contribution in [1.82, 2.24) is 9.13 Å². The summed E-state index contributed by atoms with van der Waals surface area (Å²) in [5, 5.41) is 11.7. The molecule has 0 saturated heterocycles. The van der Waals surface area contributed by atoms with E-state index in [1.165, 1.54) is 43.1 Å². The second-order valence-corrected chi connectivity index (χ2v) is 26.5. The first-order valence-corrected chi connectivity index (χ1v) is 35.5. The fraction of sp³-hybridized carbons (Fsp3) is 0. The van der Waals surface area contributed by atoms with Crippen molar-refractivity contribution in [3.63, 3.8) is 0 Å². The summed E-state index contributed by atoms with van der Waals surface area (Å²) < 4.78 is 4.97. The predicted molar refractivity (Wildman–Crippen MR) is 440 cm³/mol. The summed E-state index contributed by atoms with van der Waals surface area (Å²) in [5.74, 6) is 0. The van der Waals surface area contributed by atoms with E-state index in [1.807, 2.05) is 0 Å². The number of fused-ring (bicyclic) bond motifs is 6. The van der Waals surface area contributed by atoms with Crippen LogP contribution in [0.5, 0.6) is 0 Å². The number of nitrogens with zero attached hydrogens (tertiary/aromatic N) is 6. The van der Waals surface area contributed by atoms with Gasteiger partial charge in [0.25, 0.3) is 0 Å². The average Bonchev–Trinajstić information content (AvgIpc) is 1.57. The highest BCUT2D eigenvalue weighted by Crippen LogP contribution is 2.47. The van der Waals surface area contributed by atoms with Gasteiger partial charge in [0.05, 0.1) is 33.8 Å². The van der Waals surface area contributed by atoms with E-state index in [4.69, 9.17) is 0 Å². The van der Waals surface area contributed by atoms with E-state index < -0.39 is 0 Å². The van der Waals surface area contributed by atoms with Gasteiger partial charge in [0.1, 0.15) is 0 Å². The third kappa shape index (κ3) is 11.0. The van der Waals surface area contributed by atoms with Crippen molar-refractivity contribution in [2.24, 2.45) is 0 Å². The topological polar surface area (TPSA) is 22.8 Å². The highest BCUT2D eigenvalue weighted by molar-refractivity contribution is 6.08. The first-order valence-electron chi connectivity index (χ1n) is 35.5. The third-order valence-corrected chi connectivity index (χ3v) is 20.4. The minimum absolute atomic E-state index is 1.04. The zero-order valence-corrected chi connectivity index (χ0v) is 56.9. The van der Waals surface area contributed by atoms with Gasteiger partial charge < -0.3 is 28.7 Å². The summed E-state index contributed by atoms with van der Waals surface area (Å²) >= 11 is 0. The van der Waals surface area contributed by atoms with E-state index in [-0.39, 0.29) is 0 Å². The van der Waals surface area contributed by atoms with Crippen LogP contribution in [0.3, 0.4) is 0 Å². The molecule has 0 N–H and O–H groups in total. The van der Waals surface area contributed by atoms with Gasteiger partial charge in [-0.25, -0.2) is 0 Å². The number of para-hydroxylation sites is 4. The van der Waals surface area contributed by atoms with Crippen LogP contribution in [-0.4, -0.2) is 9.13 Å². The molecule has 0 radical (unpaired) electrons. The summed E-state index contributed by atoms with van der Waals surface area (Å²) in [6, 6.07) is 150. The van der Waals surface area contributed by atoms with Crippen LogP contribution in [-0.2, 0) is 0 Å². The molecule has 17 aromatic carbocycles. The molecular formula is C98H68N6. The first kappa shape index (κ1) is 61.2. The van der Waals surface area contributed by atoms with E-state index in [2.05, 4.69) is 441 Å². The van der Waals surface area contributed by atoms with Crippen LogP contribution < -0.4 is 19.6 Å². The fourth-order valence-electron chi connectivity index (χ4n) is 15.6. The van der Waals surface area contributed by atoms with Crippen LogP contribution in [0.15, 0.2) is 413 Å². The molecular weight excluding hydrogens is 1260 g/mol. The normalized spacial score (nSPS) is 11.5. The molecule has 0 bridgehead atoms. The van der Waals surface area contributed by atoms with Gasteiger partial charge in [-0.15, -0.1) is 0 Å². The Bertz CT molecular complexity index is 5840. The molecule has 2 heterocycles. The Balaban J connectivity index is 0.763. The lowest BCUT2D eigenvalue weighted by molar-refractivity contribution is 1.13. The van der Waals surface area contributed by atoms with Crippen molar-refractivity contribution in [3.05, 3.63) is 413 Å². The molecule has 0 amide bonds. The smallest absolute Gasteiger partial charge is 0.0547 e. The molecule has 19 aromatic rings. The maximum atomic E-state index is 2.48. The Hall–Kier alpha value is -13.9. The van der Waals surface area contributed by atoms with E-state index >= 15 is 0 Å². The van der Waals surface area contributed by atoms with Crippen LogP contribution in [0.4, 0.5) is 68.2 Å². The predicted octanol–water partition coefficient (Wildman–Crippen LogP) is 27.4. The molecule has 0 unspecified atom stereocenters. The number of anilines is 12. The van der Waals surface area contributed by atoms with Crippen molar-refractivity contribution in [2.45, 2.75) is 0 Å². The maximum Gasteiger partial charge on any atom is 0.0547 e. The number of hydrogen-bond donors (Lipinski definition) is 0. The standard InChI is InChI=1S/C98H68N6/c1-5-33-75(34-6-1)99(76-35-7-2-8-36-76)79-49-53-81(54-50-79)101(93-47-23-31-71-27-15-19-43-89(71)93)83-57-61-85(62-58-83)103-95-65-74-68-98(92-46-22-30-70-26-14-18-42-88(70)92)104(96(74)66-73(95)67-97(103)91-45-21-29-69-25-13-17-41-87(69)91)86-63-59-84(60-64-86)102(94-48-24-32-72-28-16-20-44-90(72)94)82-55-51-80(52-56-82)100(77-37-9-3-10-38-77)78-39-11-4-12-40-78/h1-68H. The molecule has 490 valence electrons. The molecule has 104 heavy (non-hydrogen) atoms. The van der Waals surface area contributed by atoms with E-state index in [0.29, 0.717) is 0 Å². The van der Waals surface area contributed by atoms with Crippen molar-refractivity contribution in [2.75, 3.05) is 19.6 Å². The second kappa shape index (κ2) is 26.3. The Labute approximate surface area is 604 Å². The summed E-state index contributed by atoms with van der Waals surface area (Å²) in [6.07, 6.45) is 0. The first-order chi connectivity index (χ1) is 51.6. The third-order valence-electron chi connectivity index (χ3n) is 20.4. The van der Waals surface area contributed by atoms with E-state index in [0.717, 1.165) is 124 Å². The SMILES string of the molecule is c1ccc(N(c2ccccc2)c2ccc(N(c3ccc(-n4c(-c5cccc6ccccc56)cc5cc6c(cc(-c7cccc8ccccc78)n6-c6ccc(N(c7ccc(N(c8ccccc8)c8ccccc8)cc7)c7cccc8ccccc78)cc6)cc54)cc3)c3cccc4ccccc34)cc2)cc1. The summed E-state index contributed by atoms with van der Waals surface area (Å²) in [4.78, 5) is 9.44. The monoisotopic (exact) mass is 1330 g/mol. The lowest BCUT2D eigenvalue weighted by Crippen LogP contribution is -2.12. The minimum atomic E-state index is 1.04. The molecule has 0 aliphatic carbocycles. The van der Waals surface area contributed by atoms with Crippen molar-refractivity contribution in [1.29, 1.82) is 0 Å². The molecule has 0 fully saturated rings. The van der Waals surface area contributed by atoms with Crippen LogP contribution in [0, 0.1) is 0 Å². The van der Waals surface area contributed by atoms with Gasteiger partial charge in [0.15, 0.2) is 0 Å². The van der Waals surface area contributed by atoms with Crippen molar-refractivity contribution in [3.8, 4) is 33.9 Å². The minimum Gasteiger partial charge on any atom is -0.311 e. The van der Waals surface area contributed by atoms with Gasteiger partial charge in [-0.05, 0) is 214 Å². The van der Waals surface area contributed by atoms with Gasteiger partial charge in [0.2, 0.25) is 0 Å². The maximum absolute atomic E-state index is 2.48. The Morgan fingerprint density at radius 3 is 0.731 bits per heavy atom.